The molecule has 0 spiro atoms. The van der Waals surface area contributed by atoms with Gasteiger partial charge >= 0.3 is 0 Å². The summed E-state index contributed by atoms with van der Waals surface area (Å²) in [4.78, 5) is 13.8. The number of para-hydroxylation sites is 1. The maximum atomic E-state index is 12.8. The van der Waals surface area contributed by atoms with Crippen LogP contribution < -0.4 is 26.0 Å². The van der Waals surface area contributed by atoms with Crippen LogP contribution in [0.3, 0.4) is 0 Å². The molecule has 0 radical (unpaired) electrons. The smallest absolute Gasteiger partial charge is 0.239 e. The van der Waals surface area contributed by atoms with Crippen LogP contribution >= 0.6 is 23.1 Å². The summed E-state index contributed by atoms with van der Waals surface area (Å²) in [6.45, 7) is 4.24. The maximum absolute atomic E-state index is 12.8. The Morgan fingerprint density at radius 2 is 1.92 bits per heavy atom. The molecule has 0 unspecified atom stereocenters. The van der Waals surface area contributed by atoms with E-state index >= 15 is 0 Å². The Bertz CT molecular complexity index is 1500. The lowest BCUT2D eigenvalue weighted by molar-refractivity contribution is 0.400. The van der Waals surface area contributed by atoms with Crippen molar-refractivity contribution in [2.45, 2.75) is 6.42 Å². The van der Waals surface area contributed by atoms with Gasteiger partial charge in [0.05, 0.1) is 23.5 Å². The van der Waals surface area contributed by atoms with Gasteiger partial charge in [-0.1, -0.05) is 12.1 Å². The van der Waals surface area contributed by atoms with Crippen LogP contribution in [0.25, 0.3) is 11.1 Å². The van der Waals surface area contributed by atoms with Crippen LogP contribution in [0.1, 0.15) is 5.69 Å². The molecule has 10 nitrogen and oxygen atoms in total. The standard InChI is InChI=1S/C24H26BrN8O2P/c1-33-19-9-10-26-21-14(15(19)12-28-33)11-18(23(31-21)35-2)30-24-27-13-16(25)22(32-24)29-17-7-5-6-8-20(17)36(3,4)34/h5-8,11-13H,9-10H2,1-4H3,(H,26,31)(H2,27,29,30,32). The highest BCUT2D eigenvalue weighted by Crippen LogP contribution is 2.40. The Morgan fingerprint density at radius 3 is 2.69 bits per heavy atom. The topological polar surface area (TPSA) is 119 Å². The van der Waals surface area contributed by atoms with Gasteiger partial charge in [0.25, 0.3) is 0 Å². The monoisotopic (exact) mass is 568 g/mol. The zero-order valence-electron chi connectivity index (χ0n) is 20.3. The van der Waals surface area contributed by atoms with E-state index in [1.165, 1.54) is 0 Å². The molecule has 186 valence electrons. The zero-order chi connectivity index (χ0) is 25.4. The largest absolute Gasteiger partial charge is 0.479 e. The fourth-order valence-electron chi connectivity index (χ4n) is 4.18. The average Bonchev–Trinajstić information content (AvgIpc) is 3.11. The summed E-state index contributed by atoms with van der Waals surface area (Å²) in [6, 6.07) is 9.49. The number of aromatic nitrogens is 5. The first-order valence-electron chi connectivity index (χ1n) is 11.3. The fraction of sp³-hybridized carbons (Fsp3) is 0.250. The van der Waals surface area contributed by atoms with Gasteiger partial charge in [0, 0.05) is 48.3 Å². The van der Waals surface area contributed by atoms with E-state index in [4.69, 9.17) is 9.72 Å². The number of halogens is 1. The van der Waals surface area contributed by atoms with Crippen LogP contribution in [0.4, 0.5) is 29.0 Å². The molecular formula is C24H26BrN8O2P. The van der Waals surface area contributed by atoms with Crippen molar-refractivity contribution >= 4 is 57.3 Å². The second-order valence-corrected chi connectivity index (χ2v) is 12.8. The number of pyridine rings is 1. The molecule has 0 fully saturated rings. The number of aryl methyl sites for hydroxylation is 1. The van der Waals surface area contributed by atoms with E-state index in [1.54, 1.807) is 26.6 Å². The molecule has 36 heavy (non-hydrogen) atoms. The first-order valence-corrected chi connectivity index (χ1v) is 14.7. The minimum atomic E-state index is -2.50. The predicted octanol–water partition coefficient (Wildman–Crippen LogP) is 4.75. The lowest BCUT2D eigenvalue weighted by Gasteiger charge is -2.17. The van der Waals surface area contributed by atoms with E-state index in [1.807, 2.05) is 48.3 Å². The number of ether oxygens (including phenoxy) is 1. The van der Waals surface area contributed by atoms with Gasteiger partial charge in [0.2, 0.25) is 11.8 Å². The molecule has 0 amide bonds. The molecule has 4 heterocycles. The Labute approximate surface area is 217 Å². The normalized spacial score (nSPS) is 12.7. The number of hydrogen-bond donors (Lipinski definition) is 3. The van der Waals surface area contributed by atoms with Crippen molar-refractivity contribution in [1.29, 1.82) is 0 Å². The van der Waals surface area contributed by atoms with Crippen molar-refractivity contribution in [1.82, 2.24) is 24.7 Å². The quantitative estimate of drug-likeness (QED) is 0.283. The second kappa shape index (κ2) is 9.55. The summed E-state index contributed by atoms with van der Waals surface area (Å²) in [5.74, 6) is 2.04. The molecule has 0 saturated carbocycles. The Morgan fingerprint density at radius 1 is 1.11 bits per heavy atom. The molecule has 3 N–H and O–H groups in total. The molecule has 1 aliphatic rings. The molecule has 0 saturated heterocycles. The molecular weight excluding hydrogens is 543 g/mol. The molecule has 5 rings (SSSR count). The van der Waals surface area contributed by atoms with E-state index in [0.29, 0.717) is 27.8 Å². The molecule has 3 aromatic heterocycles. The highest BCUT2D eigenvalue weighted by atomic mass is 79.9. The van der Waals surface area contributed by atoms with E-state index in [9.17, 15) is 4.57 Å². The Kier molecular flexibility index (Phi) is 6.44. The third-order valence-corrected chi connectivity index (χ3v) is 8.05. The van der Waals surface area contributed by atoms with Gasteiger partial charge < -0.3 is 25.3 Å². The summed E-state index contributed by atoms with van der Waals surface area (Å²) < 4.78 is 20.9. The van der Waals surface area contributed by atoms with Crippen molar-refractivity contribution in [3.8, 4) is 17.0 Å². The third kappa shape index (κ3) is 4.68. The van der Waals surface area contributed by atoms with Gasteiger partial charge in [-0.3, -0.25) is 4.68 Å². The first-order chi connectivity index (χ1) is 17.2. The summed E-state index contributed by atoms with van der Waals surface area (Å²) in [5.41, 5.74) is 4.43. The van der Waals surface area contributed by atoms with Gasteiger partial charge in [-0.15, -0.1) is 0 Å². The van der Waals surface area contributed by atoms with Crippen molar-refractivity contribution in [3.63, 3.8) is 0 Å². The van der Waals surface area contributed by atoms with Gasteiger partial charge in [0.1, 0.15) is 24.5 Å². The van der Waals surface area contributed by atoms with Crippen LogP contribution in [-0.4, -0.2) is 51.7 Å². The zero-order valence-corrected chi connectivity index (χ0v) is 22.8. The van der Waals surface area contributed by atoms with E-state index in [0.717, 1.165) is 46.6 Å². The summed E-state index contributed by atoms with van der Waals surface area (Å²) >= 11 is 3.52. The van der Waals surface area contributed by atoms with Crippen LogP contribution in [0.2, 0.25) is 0 Å². The van der Waals surface area contributed by atoms with Crippen LogP contribution in [0.15, 0.2) is 47.2 Å². The molecule has 4 aromatic rings. The highest BCUT2D eigenvalue weighted by Gasteiger charge is 2.22. The number of methoxy groups -OCH3 is 1. The molecule has 12 heteroatoms. The Balaban J connectivity index is 1.51. The van der Waals surface area contributed by atoms with Crippen LogP contribution in [0, 0.1) is 0 Å². The molecule has 1 aliphatic heterocycles. The number of hydrogen-bond acceptors (Lipinski definition) is 9. The molecule has 0 aliphatic carbocycles. The van der Waals surface area contributed by atoms with Gasteiger partial charge in [-0.05, 0) is 47.5 Å². The van der Waals surface area contributed by atoms with Crippen molar-refractivity contribution in [2.75, 3.05) is 42.9 Å². The van der Waals surface area contributed by atoms with Crippen molar-refractivity contribution in [3.05, 3.63) is 52.9 Å². The summed E-state index contributed by atoms with van der Waals surface area (Å²) in [5, 5.41) is 15.1. The number of nitrogens with one attached hydrogen (secondary N) is 3. The number of rotatable bonds is 6. The second-order valence-electron chi connectivity index (χ2n) is 8.75. The van der Waals surface area contributed by atoms with Gasteiger partial charge in [0.15, 0.2) is 0 Å². The van der Waals surface area contributed by atoms with Crippen molar-refractivity contribution in [2.24, 2.45) is 7.05 Å². The van der Waals surface area contributed by atoms with Gasteiger partial charge in [-0.25, -0.2) is 4.98 Å². The van der Waals surface area contributed by atoms with Crippen LogP contribution in [0.5, 0.6) is 5.88 Å². The lowest BCUT2D eigenvalue weighted by Crippen LogP contribution is -2.11. The summed E-state index contributed by atoms with van der Waals surface area (Å²) in [7, 11) is 1.02. The van der Waals surface area contributed by atoms with E-state index in [-0.39, 0.29) is 0 Å². The summed E-state index contributed by atoms with van der Waals surface area (Å²) in [6.07, 6.45) is 4.35. The number of anilines is 5. The van der Waals surface area contributed by atoms with E-state index in [2.05, 4.69) is 46.9 Å². The van der Waals surface area contributed by atoms with Crippen LogP contribution in [-0.2, 0) is 18.0 Å². The van der Waals surface area contributed by atoms with Gasteiger partial charge in [-0.2, -0.15) is 15.1 Å². The van der Waals surface area contributed by atoms with E-state index < -0.39 is 7.14 Å². The molecule has 0 bridgehead atoms. The average molecular weight is 569 g/mol. The SMILES string of the molecule is COc1nc2c(cc1Nc1ncc(Br)c(Nc3ccccc3P(C)(C)=O)n1)-c1cnn(C)c1CCN2. The first kappa shape index (κ1) is 24.3. The highest BCUT2D eigenvalue weighted by molar-refractivity contribution is 9.10. The number of benzene rings is 1. The number of nitrogens with zero attached hydrogens (tertiary/aromatic N) is 5. The third-order valence-electron chi connectivity index (χ3n) is 5.91. The molecule has 0 atom stereocenters. The maximum Gasteiger partial charge on any atom is 0.239 e. The minimum Gasteiger partial charge on any atom is -0.479 e. The minimum absolute atomic E-state index is 0.349. The fourth-order valence-corrected chi connectivity index (χ4v) is 5.62. The number of fused-ring (bicyclic) bond motifs is 3. The Hall–Kier alpha value is -3.43. The lowest BCUT2D eigenvalue weighted by atomic mass is 10.1. The predicted molar refractivity (Wildman–Crippen MR) is 147 cm³/mol. The molecule has 1 aromatic carbocycles. The van der Waals surface area contributed by atoms with Crippen molar-refractivity contribution < 1.29 is 9.30 Å².